The van der Waals surface area contributed by atoms with Gasteiger partial charge in [-0.15, -0.1) is 0 Å². The van der Waals surface area contributed by atoms with Gasteiger partial charge in [-0.25, -0.2) is 8.78 Å². The molecule has 0 saturated heterocycles. The van der Waals surface area contributed by atoms with Gasteiger partial charge in [-0.2, -0.15) is 0 Å². The highest BCUT2D eigenvalue weighted by Gasteiger charge is 2.12. The summed E-state index contributed by atoms with van der Waals surface area (Å²) >= 11 is 0. The second-order valence-corrected chi connectivity index (χ2v) is 3.67. The molecule has 0 fully saturated rings. The molecule has 0 aliphatic carbocycles. The first-order valence-corrected chi connectivity index (χ1v) is 5.22. The zero-order valence-corrected chi connectivity index (χ0v) is 9.74. The molecule has 0 amide bonds. The van der Waals surface area contributed by atoms with Crippen LogP contribution in [-0.2, 0) is 16.1 Å². The largest absolute Gasteiger partial charge is 0.468 e. The molecule has 17 heavy (non-hydrogen) atoms. The van der Waals surface area contributed by atoms with Gasteiger partial charge >= 0.3 is 5.97 Å². The van der Waals surface area contributed by atoms with Crippen molar-refractivity contribution in [1.29, 1.82) is 0 Å². The summed E-state index contributed by atoms with van der Waals surface area (Å²) in [5, 5.41) is 2.90. The molecule has 0 bridgehead atoms. The molecular formula is C12H15F2NO2. The quantitative estimate of drug-likeness (QED) is 0.806. The van der Waals surface area contributed by atoms with Crippen LogP contribution in [0.2, 0.25) is 0 Å². The lowest BCUT2D eigenvalue weighted by atomic mass is 10.1. The van der Waals surface area contributed by atoms with Crippen LogP contribution in [0.1, 0.15) is 24.5 Å². The number of benzene rings is 1. The summed E-state index contributed by atoms with van der Waals surface area (Å²) in [6, 6.07) is 5.62. The number of halogens is 2. The molecular weight excluding hydrogens is 228 g/mol. The maximum Gasteiger partial charge on any atom is 0.322 e. The minimum Gasteiger partial charge on any atom is -0.468 e. The molecule has 0 aliphatic rings. The Bertz CT molecular complexity index is 383. The highest BCUT2D eigenvalue weighted by Crippen LogP contribution is 2.19. The number of alkyl halides is 2. The SMILES string of the molecule is COC(=O)[C@H](C)NCc1cccc(C(F)F)c1. The molecule has 0 radical (unpaired) electrons. The standard InChI is InChI=1S/C12H15F2NO2/c1-8(12(16)17-2)15-7-9-4-3-5-10(6-9)11(13)14/h3-6,8,11,15H,7H2,1-2H3/t8-/m0/s1. The van der Waals surface area contributed by atoms with Gasteiger partial charge in [0.05, 0.1) is 7.11 Å². The van der Waals surface area contributed by atoms with E-state index >= 15 is 0 Å². The lowest BCUT2D eigenvalue weighted by Gasteiger charge is -2.11. The van der Waals surface area contributed by atoms with Crippen molar-refractivity contribution in [3.8, 4) is 0 Å². The van der Waals surface area contributed by atoms with Crippen LogP contribution in [-0.4, -0.2) is 19.1 Å². The van der Waals surface area contributed by atoms with Crippen molar-refractivity contribution in [1.82, 2.24) is 5.32 Å². The van der Waals surface area contributed by atoms with Crippen LogP contribution < -0.4 is 5.32 Å². The summed E-state index contributed by atoms with van der Waals surface area (Å²) in [4.78, 5) is 11.1. The van der Waals surface area contributed by atoms with Gasteiger partial charge in [0.1, 0.15) is 6.04 Å². The fraction of sp³-hybridized carbons (Fsp3) is 0.417. The van der Waals surface area contributed by atoms with Crippen LogP contribution in [0, 0.1) is 0 Å². The number of hydrogen-bond acceptors (Lipinski definition) is 3. The third kappa shape index (κ3) is 4.11. The number of methoxy groups -OCH3 is 1. The van der Waals surface area contributed by atoms with Crippen molar-refractivity contribution >= 4 is 5.97 Å². The second kappa shape index (κ2) is 6.30. The van der Waals surface area contributed by atoms with E-state index in [1.165, 1.54) is 19.2 Å². The van der Waals surface area contributed by atoms with E-state index in [1.54, 1.807) is 19.1 Å². The third-order valence-electron chi connectivity index (χ3n) is 2.37. The lowest BCUT2D eigenvalue weighted by Crippen LogP contribution is -2.34. The molecule has 1 aromatic rings. The van der Waals surface area contributed by atoms with Crippen molar-refractivity contribution in [2.45, 2.75) is 25.9 Å². The monoisotopic (exact) mass is 243 g/mol. The number of carbonyl (C=O) groups is 1. The van der Waals surface area contributed by atoms with Crippen LogP contribution in [0.15, 0.2) is 24.3 Å². The first-order chi connectivity index (χ1) is 8.04. The van der Waals surface area contributed by atoms with Gasteiger partial charge < -0.3 is 10.1 Å². The van der Waals surface area contributed by atoms with Crippen LogP contribution >= 0.6 is 0 Å². The van der Waals surface area contributed by atoms with Crippen LogP contribution in [0.5, 0.6) is 0 Å². The van der Waals surface area contributed by atoms with E-state index in [-0.39, 0.29) is 11.5 Å². The Hall–Kier alpha value is -1.49. The number of ether oxygens (including phenoxy) is 1. The van der Waals surface area contributed by atoms with Gasteiger partial charge in [-0.1, -0.05) is 18.2 Å². The Kier molecular flexibility index (Phi) is 5.03. The van der Waals surface area contributed by atoms with Gasteiger partial charge in [-0.05, 0) is 18.6 Å². The summed E-state index contributed by atoms with van der Waals surface area (Å²) < 4.78 is 29.4. The molecule has 0 aromatic heterocycles. The number of hydrogen-bond donors (Lipinski definition) is 1. The minimum absolute atomic E-state index is 0.0185. The summed E-state index contributed by atoms with van der Waals surface area (Å²) in [6.45, 7) is 2.00. The topological polar surface area (TPSA) is 38.3 Å². The summed E-state index contributed by atoms with van der Waals surface area (Å²) in [7, 11) is 1.30. The third-order valence-corrected chi connectivity index (χ3v) is 2.37. The van der Waals surface area contributed by atoms with E-state index < -0.39 is 12.5 Å². The highest BCUT2D eigenvalue weighted by molar-refractivity contribution is 5.75. The Labute approximate surface area is 98.8 Å². The molecule has 1 rings (SSSR count). The van der Waals surface area contributed by atoms with Crippen LogP contribution in [0.4, 0.5) is 8.78 Å². The first kappa shape index (κ1) is 13.6. The Balaban J connectivity index is 2.57. The average molecular weight is 243 g/mol. The predicted octanol–water partition coefficient (Wildman–Crippen LogP) is 2.28. The minimum atomic E-state index is -2.48. The molecule has 94 valence electrons. The second-order valence-electron chi connectivity index (χ2n) is 3.67. The smallest absolute Gasteiger partial charge is 0.322 e. The fourth-order valence-electron chi connectivity index (χ4n) is 1.37. The Morgan fingerprint density at radius 2 is 2.18 bits per heavy atom. The zero-order valence-electron chi connectivity index (χ0n) is 9.74. The van der Waals surface area contributed by atoms with Gasteiger partial charge in [0.25, 0.3) is 6.43 Å². The lowest BCUT2D eigenvalue weighted by molar-refractivity contribution is -0.142. The van der Waals surface area contributed by atoms with Crippen LogP contribution in [0.3, 0.4) is 0 Å². The van der Waals surface area contributed by atoms with Gasteiger partial charge in [0, 0.05) is 12.1 Å². The maximum atomic E-state index is 12.4. The van der Waals surface area contributed by atoms with Gasteiger partial charge in [0.15, 0.2) is 0 Å². The normalized spacial score (nSPS) is 12.5. The molecule has 0 unspecified atom stereocenters. The van der Waals surface area contributed by atoms with Gasteiger partial charge in [0.2, 0.25) is 0 Å². The molecule has 0 aliphatic heterocycles. The van der Waals surface area contributed by atoms with Crippen molar-refractivity contribution in [3.63, 3.8) is 0 Å². The fourth-order valence-corrected chi connectivity index (χ4v) is 1.37. The van der Waals surface area contributed by atoms with E-state index in [1.807, 2.05) is 0 Å². The highest BCUT2D eigenvalue weighted by atomic mass is 19.3. The number of nitrogens with one attached hydrogen (secondary N) is 1. The summed E-state index contributed by atoms with van der Waals surface area (Å²) in [5.41, 5.74) is 0.688. The van der Waals surface area contributed by atoms with Crippen molar-refractivity contribution in [2.75, 3.05) is 7.11 Å². The molecule has 1 atom stereocenters. The van der Waals surface area contributed by atoms with Crippen molar-refractivity contribution in [2.24, 2.45) is 0 Å². The van der Waals surface area contributed by atoms with Crippen molar-refractivity contribution in [3.05, 3.63) is 35.4 Å². The van der Waals surface area contributed by atoms with E-state index in [9.17, 15) is 13.6 Å². The number of rotatable bonds is 5. The van der Waals surface area contributed by atoms with Gasteiger partial charge in [-0.3, -0.25) is 4.79 Å². The van der Waals surface area contributed by atoms with E-state index in [0.29, 0.717) is 12.1 Å². The number of carbonyl (C=O) groups excluding carboxylic acids is 1. The Morgan fingerprint density at radius 3 is 2.76 bits per heavy atom. The molecule has 1 aromatic carbocycles. The molecule has 0 heterocycles. The maximum absolute atomic E-state index is 12.4. The molecule has 1 N–H and O–H groups in total. The average Bonchev–Trinajstić information content (AvgIpc) is 2.35. The summed E-state index contributed by atoms with van der Waals surface area (Å²) in [5.74, 6) is -0.380. The molecule has 5 heteroatoms. The molecule has 0 spiro atoms. The predicted molar refractivity (Wildman–Crippen MR) is 59.7 cm³/mol. The van der Waals surface area contributed by atoms with Crippen molar-refractivity contribution < 1.29 is 18.3 Å². The zero-order chi connectivity index (χ0) is 12.8. The number of esters is 1. The Morgan fingerprint density at radius 1 is 1.47 bits per heavy atom. The molecule has 3 nitrogen and oxygen atoms in total. The van der Waals surface area contributed by atoms with E-state index in [4.69, 9.17) is 0 Å². The summed E-state index contributed by atoms with van der Waals surface area (Å²) in [6.07, 6.45) is -2.48. The van der Waals surface area contributed by atoms with E-state index in [0.717, 1.165) is 0 Å². The van der Waals surface area contributed by atoms with Crippen LogP contribution in [0.25, 0.3) is 0 Å². The van der Waals surface area contributed by atoms with E-state index in [2.05, 4.69) is 10.1 Å². The molecule has 0 saturated carbocycles. The first-order valence-electron chi connectivity index (χ1n) is 5.22.